The van der Waals surface area contributed by atoms with Gasteiger partial charge in [0.05, 0.1) is 29.6 Å². The Balaban J connectivity index is 0.818. The van der Waals surface area contributed by atoms with Gasteiger partial charge in [0, 0.05) is 70.5 Å². The molecule has 3 fully saturated rings. The molecule has 4 aliphatic carbocycles. The van der Waals surface area contributed by atoms with Crippen molar-refractivity contribution in [2.24, 2.45) is 28.4 Å². The number of aliphatic hydroxyl groups excluding tert-OH is 2. The molecule has 0 aromatic heterocycles. The molecule has 5 aliphatic rings. The highest BCUT2D eigenvalue weighted by Gasteiger charge is 2.78. The molecule has 0 radical (unpaired) electrons. The Morgan fingerprint density at radius 2 is 1.33 bits per heavy atom. The molecule has 5 aromatic rings. The smallest absolute Gasteiger partial charge is 0.410 e. The minimum absolute atomic E-state index is 0.00454. The summed E-state index contributed by atoms with van der Waals surface area (Å²) in [6.45, 7) is 14.2. The van der Waals surface area contributed by atoms with Crippen molar-refractivity contribution >= 4 is 71.6 Å². The quantitative estimate of drug-likeness (QED) is 0.0109. The van der Waals surface area contributed by atoms with Crippen LogP contribution in [0.1, 0.15) is 139 Å². The second-order valence-electron chi connectivity index (χ2n) is 31.2. The Morgan fingerprint density at radius 3 is 1.91 bits per heavy atom. The Labute approximate surface area is 649 Å². The normalized spacial score (nSPS) is 23.7. The number of nitrogens with zero attached hydrogens (tertiary/aromatic N) is 2. The van der Waals surface area contributed by atoms with Crippen molar-refractivity contribution in [2.75, 3.05) is 52.3 Å². The van der Waals surface area contributed by atoms with Gasteiger partial charge in [-0.15, -0.1) is 0 Å². The second-order valence-corrected chi connectivity index (χ2v) is 31.2. The van der Waals surface area contributed by atoms with Crippen LogP contribution in [0.15, 0.2) is 145 Å². The Hall–Kier alpha value is -11.0. The van der Waals surface area contributed by atoms with Gasteiger partial charge in [0.25, 0.3) is 0 Å². The summed E-state index contributed by atoms with van der Waals surface area (Å²) in [4.78, 5) is 156. The van der Waals surface area contributed by atoms with Crippen LogP contribution in [0.4, 0.5) is 29.7 Å². The molecule has 30 nitrogen and oxygen atoms in total. The molecular weight excluding hydrogens is 1450 g/mol. The summed E-state index contributed by atoms with van der Waals surface area (Å²) in [6, 6.07) is 32.9. The van der Waals surface area contributed by atoms with E-state index in [2.05, 4.69) is 26.6 Å². The second kappa shape index (κ2) is 34.3. The zero-order chi connectivity index (χ0) is 81.5. The monoisotopic (exact) mass is 1550 g/mol. The summed E-state index contributed by atoms with van der Waals surface area (Å²) in [6.07, 6.45) is -15.2. The lowest BCUT2D eigenvalue weighted by molar-refractivity contribution is -0.346. The fourth-order valence-corrected chi connectivity index (χ4v) is 15.9. The maximum Gasteiger partial charge on any atom is 0.410 e. The topological polar surface area (TPSA) is 415 Å². The van der Waals surface area contributed by atoms with Gasteiger partial charge >= 0.3 is 48.3 Å². The number of Topliss-reactive ketones (excluding diaryl/α,β-unsaturated/α-hetero) is 1. The van der Waals surface area contributed by atoms with Crippen LogP contribution < -0.4 is 32.3 Å². The van der Waals surface area contributed by atoms with Crippen LogP contribution in [-0.2, 0) is 68.5 Å². The highest BCUT2D eigenvalue weighted by molar-refractivity contribution is 5.99. The number of amides is 8. The van der Waals surface area contributed by atoms with E-state index in [1.807, 2.05) is 48.5 Å². The molecule has 2 bridgehead atoms. The first-order valence-electron chi connectivity index (χ1n) is 37.2. The highest BCUT2D eigenvalue weighted by Crippen LogP contribution is 2.64. The van der Waals surface area contributed by atoms with E-state index >= 15 is 9.59 Å². The number of ketones is 1. The number of carbonyl (C=O) groups is 11. The molecule has 1 heterocycles. The number of primary amides is 1. The van der Waals surface area contributed by atoms with Gasteiger partial charge in [-0.05, 0) is 122 Å². The van der Waals surface area contributed by atoms with Crippen LogP contribution in [0.25, 0.3) is 11.1 Å². The number of carbonyl (C=O) groups excluding carboxylic acids is 11. The Morgan fingerprint density at radius 1 is 0.732 bits per heavy atom. The third-order valence-corrected chi connectivity index (χ3v) is 21.9. The number of alkyl carbamates (subject to hydrolysis) is 2. The minimum atomic E-state index is -2.53. The van der Waals surface area contributed by atoms with Gasteiger partial charge in [0.15, 0.2) is 11.4 Å². The lowest BCUT2D eigenvalue weighted by Crippen LogP contribution is -2.81. The lowest BCUT2D eigenvalue weighted by atomic mass is 9.44. The van der Waals surface area contributed by atoms with Crippen molar-refractivity contribution in [2.45, 2.75) is 179 Å². The third kappa shape index (κ3) is 17.8. The summed E-state index contributed by atoms with van der Waals surface area (Å²) in [7, 11) is 2.71. The first-order chi connectivity index (χ1) is 52.9. The predicted octanol–water partition coefficient (Wildman–Crippen LogP) is 8.04. The maximum absolute atomic E-state index is 15.5. The first kappa shape index (κ1) is 83.5. The third-order valence-electron chi connectivity index (χ3n) is 21.9. The predicted molar refractivity (Wildman–Crippen MR) is 404 cm³/mol. The van der Waals surface area contributed by atoms with Gasteiger partial charge in [-0.25, -0.2) is 33.6 Å². The van der Waals surface area contributed by atoms with E-state index < -0.39 is 167 Å². The molecule has 5 aromatic carbocycles. The zero-order valence-electron chi connectivity index (χ0n) is 64.8. The van der Waals surface area contributed by atoms with E-state index in [9.17, 15) is 58.5 Å². The number of hydrogen-bond acceptors (Lipinski definition) is 22. The van der Waals surface area contributed by atoms with Gasteiger partial charge < -0.3 is 95.3 Å². The van der Waals surface area contributed by atoms with E-state index in [4.69, 9.17) is 43.6 Å². The van der Waals surface area contributed by atoms with E-state index in [0.717, 1.165) is 39.0 Å². The number of benzene rings is 5. The molecule has 112 heavy (non-hydrogen) atoms. The van der Waals surface area contributed by atoms with Crippen molar-refractivity contribution in [3.05, 3.63) is 172 Å². The molecule has 1 saturated heterocycles. The number of likely N-dealkylation sites (N-methyl/N-ethyl adjacent to an activating group) is 2. The van der Waals surface area contributed by atoms with E-state index in [1.54, 1.807) is 95.3 Å². The van der Waals surface area contributed by atoms with Crippen LogP contribution in [0, 0.1) is 22.7 Å². The SMILES string of the molecule is CC(=O)O[C@@]12CO[C@@H]1C[C@H](O)[C@@]1(C)C(=O)[C@H](O)C3=C(C)[C@@H](OC(=O)[C@H](OC(=O)N(C)CCN(C)C(=O)OCc4ccc(NC(=O)[C@H](CCCNC(N)=O)NC(=O)[C@@H](NC(=O)OCC5c6ccccc6-c6ccccc65)C(C)C)cc4)[C@@H](NC(=O)OC(C)(C)C)c4ccccc4)C[C@@](O)([C@@H](OC(=O)c4ccccc4)[C@H]21)C3(C)C. The molecule has 30 heteroatoms. The maximum atomic E-state index is 15.5. The number of urea groups is 1. The van der Waals surface area contributed by atoms with E-state index in [1.165, 1.54) is 66.1 Å². The average Bonchev–Trinajstić information content (AvgIpc) is 0.715. The lowest BCUT2D eigenvalue weighted by Gasteiger charge is -2.67. The number of aliphatic hydroxyl groups is 3. The van der Waals surface area contributed by atoms with Crippen LogP contribution in [0.5, 0.6) is 0 Å². The summed E-state index contributed by atoms with van der Waals surface area (Å²) in [5.74, 6) is -7.81. The summed E-state index contributed by atoms with van der Waals surface area (Å²) < 4.78 is 48.0. The molecule has 10 rings (SSSR count). The summed E-state index contributed by atoms with van der Waals surface area (Å²) >= 11 is 0. The standard InChI is InChI=1S/C82H100N8O22/c1-45(2)62(87-74(100)105-43-56-54-30-21-19-28-52(54)53-29-20-22-31-55(53)56)70(96)86-57(32-23-37-84-73(83)99)69(95)85-51-35-33-48(34-36-51)42-106-76(102)89(11)38-39-90(12)77(103)109-65(63(49-24-15-13-16-25-49)88-75(101)112-78(5,6)7)72(98)108-58-41-82(104)68(110-71(97)50-26-17-14-18-27-50)66-80(10,67(94)64(93)61(46(58)3)79(82,8)9)59(92)40-60-81(66,44-107-60)111-47(4)91/h13-22,24-31,33-36,45,56-60,62-66,68,92-93,104H,23,32,37-44H2,1-12H3,(H,85,95)(H,86,96)(H,87,100)(H,88,101)(H3,83,84,99)/t57-,58-,59-,60+,62-,63-,64+,65+,66-,68-,80+,81-,82+/m0/s1. The molecule has 0 spiro atoms. The Kier molecular flexibility index (Phi) is 25.6. The number of nitrogens with two attached hydrogens (primary N) is 1. The molecule has 1 aliphatic heterocycles. The molecule has 0 unspecified atom stereocenters. The average molecular weight is 1550 g/mol. The van der Waals surface area contributed by atoms with Crippen LogP contribution >= 0.6 is 0 Å². The van der Waals surface area contributed by atoms with Crippen molar-refractivity contribution in [3.8, 4) is 11.1 Å². The van der Waals surface area contributed by atoms with Crippen molar-refractivity contribution in [1.82, 2.24) is 31.1 Å². The van der Waals surface area contributed by atoms with Gasteiger partial charge in [-0.3, -0.25) is 19.2 Å². The molecular formula is C82H100N8O22. The number of ether oxygens (including phenoxy) is 8. The van der Waals surface area contributed by atoms with Crippen molar-refractivity contribution in [3.63, 3.8) is 0 Å². The summed E-state index contributed by atoms with van der Waals surface area (Å²) in [5, 5.41) is 52.2. The molecule has 8 amide bonds. The van der Waals surface area contributed by atoms with Gasteiger partial charge in [-0.2, -0.15) is 0 Å². The molecule has 13 atom stereocenters. The zero-order valence-corrected chi connectivity index (χ0v) is 64.8. The van der Waals surface area contributed by atoms with Crippen LogP contribution in [0.2, 0.25) is 0 Å². The number of rotatable bonds is 26. The van der Waals surface area contributed by atoms with Gasteiger partial charge in [-0.1, -0.05) is 137 Å². The number of fused-ring (bicyclic) bond motifs is 8. The largest absolute Gasteiger partial charge is 0.455 e. The number of nitrogens with one attached hydrogen (secondary N) is 5. The van der Waals surface area contributed by atoms with Crippen LogP contribution in [0.3, 0.4) is 0 Å². The minimum Gasteiger partial charge on any atom is -0.455 e. The van der Waals surface area contributed by atoms with E-state index in [0.29, 0.717) is 11.3 Å². The molecule has 10 N–H and O–H groups in total. The number of esters is 3. The fourth-order valence-electron chi connectivity index (χ4n) is 15.9. The first-order valence-corrected chi connectivity index (χ1v) is 37.2. The fraction of sp³-hybridized carbons (Fsp3) is 0.476. The van der Waals surface area contributed by atoms with Crippen molar-refractivity contribution < 1.29 is 106 Å². The van der Waals surface area contributed by atoms with Crippen LogP contribution in [-0.4, -0.2) is 203 Å². The number of anilines is 1. The Bertz CT molecular complexity index is 4340. The van der Waals surface area contributed by atoms with Gasteiger partial charge in [0.1, 0.15) is 67.0 Å². The highest BCUT2D eigenvalue weighted by atomic mass is 16.6. The van der Waals surface area contributed by atoms with E-state index in [-0.39, 0.29) is 86.9 Å². The molecule has 2 saturated carbocycles. The molecule has 600 valence electrons. The number of hydrogen-bond donors (Lipinski definition) is 9. The van der Waals surface area contributed by atoms with Gasteiger partial charge in [0.2, 0.25) is 17.9 Å². The van der Waals surface area contributed by atoms with Crippen molar-refractivity contribution in [1.29, 1.82) is 0 Å². The summed E-state index contributed by atoms with van der Waals surface area (Å²) in [5.41, 5.74) is 0.826.